The fourth-order valence-electron chi connectivity index (χ4n) is 4.68. The molecule has 1 aliphatic rings. The van der Waals surface area contributed by atoms with Crippen LogP contribution in [-0.2, 0) is 6.54 Å². The number of thiocarbonyl (C=S) groups is 1. The lowest BCUT2D eigenvalue weighted by molar-refractivity contribution is 0.240. The minimum atomic E-state index is -0.0409. The van der Waals surface area contributed by atoms with Crippen molar-refractivity contribution in [3.8, 4) is 5.75 Å². The minimum absolute atomic E-state index is 0.0409. The number of aryl methyl sites for hydroxylation is 2. The SMILES string of the molecule is CCOc1ccc(NC(=S)N(Cc2cc3c(C)ccc(C)c3[nH]c2=O)C2CCCCC2)cc1. The van der Waals surface area contributed by atoms with E-state index in [0.717, 1.165) is 51.9 Å². The molecule has 0 bridgehead atoms. The maximum absolute atomic E-state index is 13.0. The van der Waals surface area contributed by atoms with E-state index in [0.29, 0.717) is 24.3 Å². The Morgan fingerprint density at radius 1 is 1.09 bits per heavy atom. The van der Waals surface area contributed by atoms with Crippen LogP contribution in [0.5, 0.6) is 5.75 Å². The van der Waals surface area contributed by atoms with Gasteiger partial charge in [0.2, 0.25) is 0 Å². The topological polar surface area (TPSA) is 57.4 Å². The first-order valence-corrected chi connectivity index (χ1v) is 12.3. The van der Waals surface area contributed by atoms with E-state index in [1.54, 1.807) is 0 Å². The molecule has 174 valence electrons. The van der Waals surface area contributed by atoms with E-state index in [9.17, 15) is 4.79 Å². The molecule has 3 aromatic rings. The summed E-state index contributed by atoms with van der Waals surface area (Å²) in [7, 11) is 0. The smallest absolute Gasteiger partial charge is 0.253 e. The lowest BCUT2D eigenvalue weighted by Gasteiger charge is -2.36. The van der Waals surface area contributed by atoms with Gasteiger partial charge in [0.25, 0.3) is 5.56 Å². The van der Waals surface area contributed by atoms with Crippen molar-refractivity contribution in [1.82, 2.24) is 9.88 Å². The van der Waals surface area contributed by atoms with E-state index in [1.807, 2.05) is 44.2 Å². The van der Waals surface area contributed by atoms with Gasteiger partial charge >= 0.3 is 0 Å². The summed E-state index contributed by atoms with van der Waals surface area (Å²) in [4.78, 5) is 18.4. The van der Waals surface area contributed by atoms with Crippen LogP contribution in [0.3, 0.4) is 0 Å². The number of aromatic amines is 1. The normalized spacial score (nSPS) is 14.3. The van der Waals surface area contributed by atoms with Crippen LogP contribution >= 0.6 is 12.2 Å². The van der Waals surface area contributed by atoms with Gasteiger partial charge in [0, 0.05) is 22.7 Å². The molecule has 1 saturated carbocycles. The fraction of sp³-hybridized carbons (Fsp3) is 0.407. The standard InChI is InChI=1S/C27H33N3O2S/c1-4-32-23-14-12-21(13-15-23)28-27(33)30(22-8-6-5-7-9-22)17-20-16-24-18(2)10-11-19(3)25(24)29-26(20)31/h10-16,22H,4-9,17H2,1-3H3,(H,28,33)(H,29,31). The molecule has 5 nitrogen and oxygen atoms in total. The molecule has 33 heavy (non-hydrogen) atoms. The molecule has 2 aromatic carbocycles. The van der Waals surface area contributed by atoms with Crippen molar-refractivity contribution in [1.29, 1.82) is 0 Å². The summed E-state index contributed by atoms with van der Waals surface area (Å²) in [6.45, 7) is 7.22. The van der Waals surface area contributed by atoms with Crippen molar-refractivity contribution in [2.75, 3.05) is 11.9 Å². The van der Waals surface area contributed by atoms with Crippen LogP contribution in [0, 0.1) is 13.8 Å². The third-order valence-corrected chi connectivity index (χ3v) is 6.89. The molecular formula is C27H33N3O2S. The van der Waals surface area contributed by atoms with Gasteiger partial charge < -0.3 is 19.9 Å². The zero-order valence-electron chi connectivity index (χ0n) is 19.7. The average molecular weight is 464 g/mol. The molecule has 4 rings (SSSR count). The summed E-state index contributed by atoms with van der Waals surface area (Å²) in [5.74, 6) is 0.839. The predicted molar refractivity (Wildman–Crippen MR) is 140 cm³/mol. The second-order valence-corrected chi connectivity index (χ2v) is 9.31. The van der Waals surface area contributed by atoms with Gasteiger partial charge in [0.1, 0.15) is 5.75 Å². The number of nitrogens with zero attached hydrogens (tertiary/aromatic N) is 1. The van der Waals surface area contributed by atoms with Gasteiger partial charge in [-0.2, -0.15) is 0 Å². The van der Waals surface area contributed by atoms with Gasteiger partial charge in [0.05, 0.1) is 18.7 Å². The van der Waals surface area contributed by atoms with Crippen LogP contribution in [0.4, 0.5) is 5.69 Å². The molecule has 6 heteroatoms. The first kappa shape index (κ1) is 23.3. The Labute approximate surface area is 201 Å². The molecule has 0 unspecified atom stereocenters. The summed E-state index contributed by atoms with van der Waals surface area (Å²) >= 11 is 5.88. The minimum Gasteiger partial charge on any atom is -0.494 e. The average Bonchev–Trinajstić information content (AvgIpc) is 2.82. The molecular weight excluding hydrogens is 430 g/mol. The Bertz CT molecular complexity index is 1180. The first-order valence-electron chi connectivity index (χ1n) is 11.9. The number of pyridine rings is 1. The third kappa shape index (κ3) is 5.38. The van der Waals surface area contributed by atoms with E-state index in [2.05, 4.69) is 34.3 Å². The Morgan fingerprint density at radius 3 is 2.48 bits per heavy atom. The molecule has 0 radical (unpaired) electrons. The summed E-state index contributed by atoms with van der Waals surface area (Å²) in [5, 5.41) is 5.15. The third-order valence-electron chi connectivity index (χ3n) is 6.55. The lowest BCUT2D eigenvalue weighted by Crippen LogP contribution is -2.44. The molecule has 1 aromatic heterocycles. The summed E-state index contributed by atoms with van der Waals surface area (Å²) in [6, 6.07) is 14.4. The van der Waals surface area contributed by atoms with Crippen LogP contribution in [0.15, 0.2) is 47.3 Å². The van der Waals surface area contributed by atoms with Crippen molar-refractivity contribution in [3.63, 3.8) is 0 Å². The summed E-state index contributed by atoms with van der Waals surface area (Å²) in [5.41, 5.74) is 4.79. The zero-order valence-corrected chi connectivity index (χ0v) is 20.6. The van der Waals surface area contributed by atoms with Gasteiger partial charge in [-0.3, -0.25) is 4.79 Å². The van der Waals surface area contributed by atoms with Crippen molar-refractivity contribution < 1.29 is 4.74 Å². The van der Waals surface area contributed by atoms with Crippen molar-refractivity contribution in [2.45, 2.75) is 65.5 Å². The number of benzene rings is 2. The Hall–Kier alpha value is -2.86. The van der Waals surface area contributed by atoms with Gasteiger partial charge in [0.15, 0.2) is 5.11 Å². The quantitative estimate of drug-likeness (QED) is 0.434. The van der Waals surface area contributed by atoms with Crippen LogP contribution < -0.4 is 15.6 Å². The Balaban J connectivity index is 1.62. The number of ether oxygens (including phenoxy) is 1. The molecule has 2 N–H and O–H groups in total. The van der Waals surface area contributed by atoms with E-state index in [1.165, 1.54) is 19.3 Å². The highest BCUT2D eigenvalue weighted by Gasteiger charge is 2.25. The van der Waals surface area contributed by atoms with E-state index < -0.39 is 0 Å². The van der Waals surface area contributed by atoms with Gasteiger partial charge in [-0.15, -0.1) is 0 Å². The van der Waals surface area contributed by atoms with Crippen LogP contribution in [0.1, 0.15) is 55.7 Å². The van der Waals surface area contributed by atoms with Crippen LogP contribution in [0.25, 0.3) is 10.9 Å². The first-order chi connectivity index (χ1) is 16.0. The fourth-order valence-corrected chi connectivity index (χ4v) is 5.01. The number of rotatable bonds is 6. The molecule has 0 aliphatic heterocycles. The van der Waals surface area contributed by atoms with Gasteiger partial charge in [-0.25, -0.2) is 0 Å². The largest absolute Gasteiger partial charge is 0.494 e. The Kier molecular flexibility index (Phi) is 7.33. The van der Waals surface area contributed by atoms with Crippen molar-refractivity contribution in [2.24, 2.45) is 0 Å². The second-order valence-electron chi connectivity index (χ2n) is 8.92. The summed E-state index contributed by atoms with van der Waals surface area (Å²) in [6.07, 6.45) is 5.83. The number of anilines is 1. The van der Waals surface area contributed by atoms with Gasteiger partial charge in [-0.1, -0.05) is 31.4 Å². The van der Waals surface area contributed by atoms with Crippen LogP contribution in [0.2, 0.25) is 0 Å². The van der Waals surface area contributed by atoms with Gasteiger partial charge in [-0.05, 0) is 87.3 Å². The van der Waals surface area contributed by atoms with E-state index in [4.69, 9.17) is 17.0 Å². The summed E-state index contributed by atoms with van der Waals surface area (Å²) < 4.78 is 5.54. The molecule has 0 atom stereocenters. The predicted octanol–water partition coefficient (Wildman–Crippen LogP) is 6.08. The number of hydrogen-bond acceptors (Lipinski definition) is 3. The number of fused-ring (bicyclic) bond motifs is 1. The highest BCUT2D eigenvalue weighted by molar-refractivity contribution is 7.80. The Morgan fingerprint density at radius 2 is 1.79 bits per heavy atom. The maximum Gasteiger partial charge on any atom is 0.253 e. The van der Waals surface area contributed by atoms with Crippen LogP contribution in [-0.4, -0.2) is 27.6 Å². The monoisotopic (exact) mass is 463 g/mol. The zero-order chi connectivity index (χ0) is 23.4. The molecule has 1 heterocycles. The van der Waals surface area contributed by atoms with E-state index >= 15 is 0 Å². The van der Waals surface area contributed by atoms with Crippen molar-refractivity contribution >= 4 is 33.9 Å². The lowest BCUT2D eigenvalue weighted by atomic mass is 9.94. The van der Waals surface area contributed by atoms with E-state index in [-0.39, 0.29) is 5.56 Å². The second kappa shape index (κ2) is 10.4. The maximum atomic E-state index is 13.0. The number of nitrogens with one attached hydrogen (secondary N) is 2. The molecule has 0 spiro atoms. The number of hydrogen-bond donors (Lipinski definition) is 2. The van der Waals surface area contributed by atoms with Crippen molar-refractivity contribution in [3.05, 3.63) is 69.5 Å². The molecule has 1 fully saturated rings. The highest BCUT2D eigenvalue weighted by atomic mass is 32.1. The molecule has 0 saturated heterocycles. The number of aromatic nitrogens is 1. The highest BCUT2D eigenvalue weighted by Crippen LogP contribution is 2.26. The number of H-pyrrole nitrogens is 1. The molecule has 0 amide bonds. The molecule has 1 aliphatic carbocycles.